The van der Waals surface area contributed by atoms with Gasteiger partial charge in [0.25, 0.3) is 0 Å². The molecule has 0 aliphatic rings. The summed E-state index contributed by atoms with van der Waals surface area (Å²) in [6, 6.07) is 10.1. The van der Waals surface area contributed by atoms with Crippen molar-refractivity contribution in [3.05, 3.63) is 58.2 Å². The first kappa shape index (κ1) is 12.2. The molecule has 19 heavy (non-hydrogen) atoms. The van der Waals surface area contributed by atoms with Crippen LogP contribution in [0.25, 0.3) is 10.9 Å². The lowest BCUT2D eigenvalue weighted by Crippen LogP contribution is -2.29. The molecule has 2 aromatic heterocycles. The van der Waals surface area contributed by atoms with E-state index in [0.717, 1.165) is 27.0 Å². The number of hydrogen-bond acceptors (Lipinski definition) is 5. The molecular formula is C14H14N4S. The average molecular weight is 270 g/mol. The number of nitrogens with zero attached hydrogens (tertiary/aromatic N) is 2. The highest BCUT2D eigenvalue weighted by Crippen LogP contribution is 2.30. The highest BCUT2D eigenvalue weighted by molar-refractivity contribution is 7.09. The molecular weight excluding hydrogens is 256 g/mol. The van der Waals surface area contributed by atoms with Gasteiger partial charge in [0.1, 0.15) is 0 Å². The molecule has 5 heteroatoms. The number of thiazole rings is 1. The molecule has 1 aromatic carbocycles. The van der Waals surface area contributed by atoms with Crippen LogP contribution in [0.15, 0.2) is 42.0 Å². The van der Waals surface area contributed by atoms with Gasteiger partial charge in [-0.2, -0.15) is 0 Å². The van der Waals surface area contributed by atoms with Crippen LogP contribution in [0.2, 0.25) is 0 Å². The zero-order chi connectivity index (χ0) is 13.2. The van der Waals surface area contributed by atoms with Crippen molar-refractivity contribution in [2.75, 3.05) is 0 Å². The normalized spacial score (nSPS) is 12.7. The van der Waals surface area contributed by atoms with Crippen molar-refractivity contribution in [2.24, 2.45) is 5.84 Å². The van der Waals surface area contributed by atoms with Crippen molar-refractivity contribution in [3.63, 3.8) is 0 Å². The summed E-state index contributed by atoms with van der Waals surface area (Å²) in [4.78, 5) is 9.90. The Morgan fingerprint density at radius 1 is 1.21 bits per heavy atom. The second-order valence-corrected chi connectivity index (χ2v) is 5.21. The first-order valence-corrected chi connectivity index (χ1v) is 6.89. The molecule has 0 bridgehead atoms. The van der Waals surface area contributed by atoms with Crippen molar-refractivity contribution < 1.29 is 0 Å². The van der Waals surface area contributed by atoms with E-state index in [1.54, 1.807) is 17.5 Å². The number of pyridine rings is 1. The number of aryl methyl sites for hydroxylation is 1. The fourth-order valence-corrected chi connectivity index (χ4v) is 3.13. The van der Waals surface area contributed by atoms with E-state index in [2.05, 4.69) is 33.6 Å². The van der Waals surface area contributed by atoms with Gasteiger partial charge in [-0.1, -0.05) is 24.3 Å². The third-order valence-corrected chi connectivity index (χ3v) is 4.18. The third kappa shape index (κ3) is 2.12. The van der Waals surface area contributed by atoms with Crippen LogP contribution < -0.4 is 11.3 Å². The Labute approximate surface area is 115 Å². The quantitative estimate of drug-likeness (QED) is 0.567. The van der Waals surface area contributed by atoms with Crippen LogP contribution in [0.5, 0.6) is 0 Å². The van der Waals surface area contributed by atoms with Crippen molar-refractivity contribution in [1.29, 1.82) is 0 Å². The number of aromatic nitrogens is 2. The summed E-state index contributed by atoms with van der Waals surface area (Å²) < 4.78 is 0. The topological polar surface area (TPSA) is 63.8 Å². The van der Waals surface area contributed by atoms with Crippen LogP contribution in [0.4, 0.5) is 0 Å². The van der Waals surface area contributed by atoms with E-state index in [1.807, 2.05) is 24.6 Å². The molecule has 0 fully saturated rings. The second-order valence-electron chi connectivity index (χ2n) is 4.32. The van der Waals surface area contributed by atoms with Crippen LogP contribution in [0.3, 0.4) is 0 Å². The summed E-state index contributed by atoms with van der Waals surface area (Å²) in [6.45, 7) is 1.99. The number of fused-ring (bicyclic) bond motifs is 1. The Balaban J connectivity index is 2.20. The van der Waals surface area contributed by atoms with Crippen molar-refractivity contribution >= 4 is 22.2 Å². The Morgan fingerprint density at radius 3 is 2.79 bits per heavy atom. The fraction of sp³-hybridized carbons (Fsp3) is 0.143. The maximum absolute atomic E-state index is 5.76. The molecule has 96 valence electrons. The molecule has 0 amide bonds. The molecule has 3 N–H and O–H groups in total. The van der Waals surface area contributed by atoms with Gasteiger partial charge in [-0.3, -0.25) is 10.8 Å². The van der Waals surface area contributed by atoms with E-state index in [4.69, 9.17) is 5.84 Å². The van der Waals surface area contributed by atoms with Crippen LogP contribution in [-0.2, 0) is 0 Å². The highest BCUT2D eigenvalue weighted by Gasteiger charge is 2.19. The van der Waals surface area contributed by atoms with Gasteiger partial charge in [-0.05, 0) is 13.0 Å². The van der Waals surface area contributed by atoms with Gasteiger partial charge in [0.05, 0.1) is 27.6 Å². The minimum Gasteiger partial charge on any atom is -0.271 e. The van der Waals surface area contributed by atoms with Gasteiger partial charge < -0.3 is 0 Å². The van der Waals surface area contributed by atoms with E-state index in [-0.39, 0.29) is 6.04 Å². The molecule has 3 rings (SSSR count). The number of benzene rings is 1. The second kappa shape index (κ2) is 5.05. The molecule has 0 saturated carbocycles. The van der Waals surface area contributed by atoms with E-state index in [1.165, 1.54) is 0 Å². The number of nitrogens with one attached hydrogen (secondary N) is 1. The smallest absolute Gasteiger partial charge is 0.0842 e. The molecule has 3 aromatic rings. The molecule has 0 saturated heterocycles. The number of hydrazine groups is 1. The summed E-state index contributed by atoms with van der Waals surface area (Å²) in [7, 11) is 0. The standard InChI is InChI=1S/C14H14N4S/c1-9-14(19-8-17-9)13(18-15)11-6-2-4-10-5-3-7-16-12(10)11/h2-8,13,18H,15H2,1H3. The predicted molar refractivity (Wildman–Crippen MR) is 77.8 cm³/mol. The zero-order valence-corrected chi connectivity index (χ0v) is 11.3. The first-order valence-electron chi connectivity index (χ1n) is 6.01. The largest absolute Gasteiger partial charge is 0.271 e. The molecule has 2 heterocycles. The number of nitrogens with two attached hydrogens (primary N) is 1. The SMILES string of the molecule is Cc1ncsc1C(NN)c1cccc2cccnc12. The van der Waals surface area contributed by atoms with E-state index < -0.39 is 0 Å². The lowest BCUT2D eigenvalue weighted by atomic mass is 10.0. The highest BCUT2D eigenvalue weighted by atomic mass is 32.1. The van der Waals surface area contributed by atoms with E-state index in [9.17, 15) is 0 Å². The van der Waals surface area contributed by atoms with Crippen molar-refractivity contribution in [3.8, 4) is 0 Å². The molecule has 0 aliphatic carbocycles. The monoisotopic (exact) mass is 270 g/mol. The molecule has 0 spiro atoms. The summed E-state index contributed by atoms with van der Waals surface area (Å²) in [5.41, 5.74) is 7.78. The Bertz CT molecular complexity index is 702. The fourth-order valence-electron chi connectivity index (χ4n) is 2.26. The molecule has 4 nitrogen and oxygen atoms in total. The van der Waals surface area contributed by atoms with Gasteiger partial charge in [0.2, 0.25) is 0 Å². The summed E-state index contributed by atoms with van der Waals surface area (Å²) in [5.74, 6) is 5.76. The van der Waals surface area contributed by atoms with Crippen LogP contribution in [-0.4, -0.2) is 9.97 Å². The summed E-state index contributed by atoms with van der Waals surface area (Å²) in [6.07, 6.45) is 1.80. The summed E-state index contributed by atoms with van der Waals surface area (Å²) >= 11 is 1.60. The van der Waals surface area contributed by atoms with Gasteiger partial charge in [-0.25, -0.2) is 10.4 Å². The number of rotatable bonds is 3. The first-order chi connectivity index (χ1) is 9.31. The van der Waals surface area contributed by atoms with Crippen LogP contribution in [0, 0.1) is 6.92 Å². The van der Waals surface area contributed by atoms with Crippen LogP contribution in [0.1, 0.15) is 22.2 Å². The predicted octanol–water partition coefficient (Wildman–Crippen LogP) is 2.55. The van der Waals surface area contributed by atoms with Gasteiger partial charge >= 0.3 is 0 Å². The minimum atomic E-state index is -0.0777. The Morgan fingerprint density at radius 2 is 2.05 bits per heavy atom. The molecule has 0 radical (unpaired) electrons. The Kier molecular flexibility index (Phi) is 3.25. The maximum atomic E-state index is 5.76. The Hall–Kier alpha value is -1.82. The lowest BCUT2D eigenvalue weighted by Gasteiger charge is -2.17. The zero-order valence-electron chi connectivity index (χ0n) is 10.5. The van der Waals surface area contributed by atoms with E-state index >= 15 is 0 Å². The van der Waals surface area contributed by atoms with Crippen molar-refractivity contribution in [2.45, 2.75) is 13.0 Å². The lowest BCUT2D eigenvalue weighted by molar-refractivity contribution is 0.645. The van der Waals surface area contributed by atoms with Gasteiger partial charge in [0, 0.05) is 17.1 Å². The van der Waals surface area contributed by atoms with E-state index in [0.29, 0.717) is 0 Å². The molecule has 0 aliphatic heterocycles. The maximum Gasteiger partial charge on any atom is 0.0842 e. The number of hydrogen-bond donors (Lipinski definition) is 2. The molecule has 1 atom stereocenters. The average Bonchev–Trinajstić information content (AvgIpc) is 2.86. The van der Waals surface area contributed by atoms with Gasteiger partial charge in [0.15, 0.2) is 0 Å². The van der Waals surface area contributed by atoms with Crippen LogP contribution >= 0.6 is 11.3 Å². The van der Waals surface area contributed by atoms with Crippen molar-refractivity contribution in [1.82, 2.24) is 15.4 Å². The van der Waals surface area contributed by atoms with Gasteiger partial charge in [-0.15, -0.1) is 11.3 Å². The summed E-state index contributed by atoms with van der Waals surface area (Å²) in [5, 5.41) is 1.11. The minimum absolute atomic E-state index is 0.0777. The molecule has 1 unspecified atom stereocenters. The number of para-hydroxylation sites is 1. The third-order valence-electron chi connectivity index (χ3n) is 3.19.